The van der Waals surface area contributed by atoms with Crippen molar-refractivity contribution in [2.75, 3.05) is 12.9 Å². The Kier molecular flexibility index (Phi) is 5.30. The number of nitrogens with one attached hydrogen (secondary N) is 1. The second kappa shape index (κ2) is 6.69. The number of methoxy groups -OCH3 is 1. The van der Waals surface area contributed by atoms with E-state index in [-0.39, 0.29) is 0 Å². The van der Waals surface area contributed by atoms with Crippen LogP contribution in [0.25, 0.3) is 0 Å². The van der Waals surface area contributed by atoms with E-state index in [1.54, 1.807) is 32.5 Å². The molecule has 2 bridgehead atoms. The summed E-state index contributed by atoms with van der Waals surface area (Å²) in [5.74, 6) is 0.997. The first-order valence-electron chi connectivity index (χ1n) is 7.94. The molecule has 0 aliphatic heterocycles. The van der Waals surface area contributed by atoms with Crippen LogP contribution >= 0.6 is 11.8 Å². The van der Waals surface area contributed by atoms with Gasteiger partial charge in [0.1, 0.15) is 11.6 Å². The van der Waals surface area contributed by atoms with Gasteiger partial charge < -0.3 is 14.8 Å². The fourth-order valence-electron chi connectivity index (χ4n) is 3.32. The highest BCUT2D eigenvalue weighted by atomic mass is 32.2. The minimum Gasteiger partial charge on any atom is -0.467 e. The van der Waals surface area contributed by atoms with E-state index < -0.39 is 23.7 Å². The summed E-state index contributed by atoms with van der Waals surface area (Å²) in [6.45, 7) is 5.39. The van der Waals surface area contributed by atoms with Crippen molar-refractivity contribution in [3.8, 4) is 0 Å². The molecule has 3 aliphatic rings. The maximum absolute atomic E-state index is 11.9. The number of amides is 1. The van der Waals surface area contributed by atoms with Crippen LogP contribution in [0.15, 0.2) is 0 Å². The smallest absolute Gasteiger partial charge is 0.408 e. The summed E-state index contributed by atoms with van der Waals surface area (Å²) in [6.07, 6.45) is 5.76. The van der Waals surface area contributed by atoms with Crippen molar-refractivity contribution >= 4 is 23.8 Å². The van der Waals surface area contributed by atoms with Crippen molar-refractivity contribution in [1.29, 1.82) is 0 Å². The molecule has 0 spiro atoms. The van der Waals surface area contributed by atoms with E-state index in [9.17, 15) is 9.59 Å². The number of alkyl carbamates (subject to hydrolysis) is 1. The minimum absolute atomic E-state index is 0.324. The van der Waals surface area contributed by atoms with Crippen molar-refractivity contribution in [2.24, 2.45) is 5.92 Å². The fourth-order valence-corrected chi connectivity index (χ4v) is 5.06. The molecular formula is C16H27NO4S. The van der Waals surface area contributed by atoms with Crippen molar-refractivity contribution in [1.82, 2.24) is 5.32 Å². The van der Waals surface area contributed by atoms with Crippen molar-refractivity contribution < 1.29 is 19.1 Å². The molecule has 0 aromatic heterocycles. The van der Waals surface area contributed by atoms with E-state index in [0.717, 1.165) is 5.92 Å². The number of esters is 1. The summed E-state index contributed by atoms with van der Waals surface area (Å²) in [4.78, 5) is 23.8. The summed E-state index contributed by atoms with van der Waals surface area (Å²) in [6, 6.07) is -0.653. The Morgan fingerprint density at radius 2 is 2.05 bits per heavy atom. The normalized spacial score (nSPS) is 28.3. The highest BCUT2D eigenvalue weighted by Crippen LogP contribution is 2.56. The SMILES string of the molecule is COC(=O)[C@H](CSC12CCCC(C1)C2)NC(=O)OC(C)(C)C. The number of ether oxygens (including phenoxy) is 2. The number of rotatable bonds is 5. The lowest BCUT2D eigenvalue weighted by atomic mass is 9.64. The largest absolute Gasteiger partial charge is 0.467 e. The Morgan fingerprint density at radius 3 is 2.55 bits per heavy atom. The quantitative estimate of drug-likeness (QED) is 0.785. The van der Waals surface area contributed by atoms with Gasteiger partial charge in [0.05, 0.1) is 7.11 Å². The summed E-state index contributed by atoms with van der Waals surface area (Å²) in [7, 11) is 1.34. The molecule has 1 atom stereocenters. The van der Waals surface area contributed by atoms with Crippen LogP contribution in [0.3, 0.4) is 0 Å². The molecule has 3 fully saturated rings. The maximum Gasteiger partial charge on any atom is 0.408 e. The van der Waals surface area contributed by atoms with Crippen LogP contribution in [0.5, 0.6) is 0 Å². The molecule has 0 unspecified atom stereocenters. The average Bonchev–Trinajstić information content (AvgIpc) is 2.40. The third kappa shape index (κ3) is 4.54. The van der Waals surface area contributed by atoms with Crippen LogP contribution in [0, 0.1) is 5.92 Å². The lowest BCUT2D eigenvalue weighted by Gasteiger charge is -2.52. The van der Waals surface area contributed by atoms with E-state index >= 15 is 0 Å². The van der Waals surface area contributed by atoms with Crippen molar-refractivity contribution in [3.05, 3.63) is 0 Å². The summed E-state index contributed by atoms with van der Waals surface area (Å²) >= 11 is 1.81. The zero-order chi connectivity index (χ0) is 16.4. The zero-order valence-corrected chi connectivity index (χ0v) is 14.8. The maximum atomic E-state index is 11.9. The number of fused-ring (bicyclic) bond motifs is 2. The fraction of sp³-hybridized carbons (Fsp3) is 0.875. The lowest BCUT2D eigenvalue weighted by molar-refractivity contribution is -0.142. The molecule has 3 aliphatic carbocycles. The molecule has 1 amide bonds. The molecular weight excluding hydrogens is 302 g/mol. The van der Waals surface area contributed by atoms with Gasteiger partial charge in [-0.15, -0.1) is 0 Å². The van der Waals surface area contributed by atoms with Gasteiger partial charge in [-0.05, 0) is 46.0 Å². The first-order chi connectivity index (χ1) is 10.2. The second-order valence-electron chi connectivity index (χ2n) is 7.38. The first kappa shape index (κ1) is 17.4. The van der Waals surface area contributed by atoms with Gasteiger partial charge in [0.25, 0.3) is 0 Å². The van der Waals surface area contributed by atoms with E-state index in [4.69, 9.17) is 9.47 Å². The summed E-state index contributed by atoms with van der Waals surface area (Å²) < 4.78 is 10.4. The van der Waals surface area contributed by atoms with E-state index in [2.05, 4.69) is 5.32 Å². The van der Waals surface area contributed by atoms with Gasteiger partial charge in [0, 0.05) is 10.5 Å². The molecule has 126 valence electrons. The zero-order valence-electron chi connectivity index (χ0n) is 13.9. The molecule has 0 radical (unpaired) electrons. The Morgan fingerprint density at radius 1 is 1.36 bits per heavy atom. The van der Waals surface area contributed by atoms with Crippen LogP contribution in [0.1, 0.15) is 52.9 Å². The number of thioether (sulfide) groups is 1. The monoisotopic (exact) mass is 329 g/mol. The molecule has 6 heteroatoms. The van der Waals surface area contributed by atoms with Crippen LogP contribution in [-0.2, 0) is 14.3 Å². The molecule has 0 aromatic carbocycles. The second-order valence-corrected chi connectivity index (χ2v) is 8.87. The van der Waals surface area contributed by atoms with Gasteiger partial charge in [-0.3, -0.25) is 0 Å². The lowest BCUT2D eigenvalue weighted by Crippen LogP contribution is -2.49. The average molecular weight is 329 g/mol. The molecule has 0 heterocycles. The number of carbonyl (C=O) groups is 2. The number of hydrogen-bond acceptors (Lipinski definition) is 5. The number of carbonyl (C=O) groups excluding carboxylic acids is 2. The standard InChI is InChI=1S/C16H27NO4S/c1-15(2,3)21-14(19)17-12(13(18)20-4)10-22-16-7-5-6-11(8-16)9-16/h11-12H,5-10H2,1-4H3,(H,17,19)/t11?,12-,16?/m0/s1. The van der Waals surface area contributed by atoms with Crippen molar-refractivity contribution in [3.63, 3.8) is 0 Å². The predicted molar refractivity (Wildman–Crippen MR) is 86.9 cm³/mol. The van der Waals surface area contributed by atoms with Gasteiger partial charge in [-0.1, -0.05) is 12.8 Å². The highest BCUT2D eigenvalue weighted by Gasteiger charge is 2.47. The molecule has 22 heavy (non-hydrogen) atoms. The van der Waals surface area contributed by atoms with Crippen LogP contribution in [0.4, 0.5) is 4.79 Å². The van der Waals surface area contributed by atoms with Crippen LogP contribution < -0.4 is 5.32 Å². The molecule has 0 aromatic rings. The van der Waals surface area contributed by atoms with Gasteiger partial charge >= 0.3 is 12.1 Å². The van der Waals surface area contributed by atoms with Gasteiger partial charge in [0.15, 0.2) is 0 Å². The summed E-state index contributed by atoms with van der Waals surface area (Å²) in [5.41, 5.74) is -0.582. The topological polar surface area (TPSA) is 64.6 Å². The first-order valence-corrected chi connectivity index (χ1v) is 8.93. The van der Waals surface area contributed by atoms with Crippen molar-refractivity contribution in [2.45, 2.75) is 69.3 Å². The molecule has 3 saturated carbocycles. The van der Waals surface area contributed by atoms with Gasteiger partial charge in [0.2, 0.25) is 0 Å². The molecule has 0 saturated heterocycles. The minimum atomic E-state index is -0.653. The van der Waals surface area contributed by atoms with E-state index in [1.165, 1.54) is 39.2 Å². The Hall–Kier alpha value is -0.910. The molecule has 5 nitrogen and oxygen atoms in total. The Labute approximate surface area is 136 Å². The molecule has 3 rings (SSSR count). The summed E-state index contributed by atoms with van der Waals surface area (Å²) in [5, 5.41) is 2.64. The third-order valence-electron chi connectivity index (χ3n) is 4.30. The Balaban J connectivity index is 1.86. The Bertz CT molecular complexity index is 421. The van der Waals surface area contributed by atoms with Gasteiger partial charge in [-0.2, -0.15) is 11.8 Å². The van der Waals surface area contributed by atoms with E-state index in [1.807, 2.05) is 0 Å². The highest BCUT2D eigenvalue weighted by molar-refractivity contribution is 8.00. The third-order valence-corrected chi connectivity index (χ3v) is 5.95. The predicted octanol–water partition coefficient (Wildman–Crippen LogP) is 3.12. The van der Waals surface area contributed by atoms with Gasteiger partial charge in [-0.25, -0.2) is 9.59 Å². The van der Waals surface area contributed by atoms with Crippen LogP contribution in [-0.4, -0.2) is 41.3 Å². The van der Waals surface area contributed by atoms with E-state index in [0.29, 0.717) is 10.5 Å². The molecule has 1 N–H and O–H groups in total. The van der Waals surface area contributed by atoms with Crippen LogP contribution in [0.2, 0.25) is 0 Å². The number of hydrogen-bond donors (Lipinski definition) is 1.